The Morgan fingerprint density at radius 3 is 2.92 bits per heavy atom. The van der Waals surface area contributed by atoms with Crippen LogP contribution in [0.1, 0.15) is 6.42 Å². The Morgan fingerprint density at radius 1 is 1.54 bits per heavy atom. The number of nitrogen functional groups attached to an aromatic ring is 1. The fourth-order valence-corrected chi connectivity index (χ4v) is 0.788. The van der Waals surface area contributed by atoms with Crippen molar-refractivity contribution in [3.8, 4) is 0 Å². The van der Waals surface area contributed by atoms with Gasteiger partial charge in [0.05, 0.1) is 11.9 Å². The van der Waals surface area contributed by atoms with Gasteiger partial charge in [0.15, 0.2) is 5.82 Å². The van der Waals surface area contributed by atoms with Gasteiger partial charge in [0.2, 0.25) is 6.43 Å². The molecule has 13 heavy (non-hydrogen) atoms. The monoisotopic (exact) mass is 188 g/mol. The van der Waals surface area contributed by atoms with Crippen LogP contribution in [0.15, 0.2) is 12.5 Å². The van der Waals surface area contributed by atoms with Gasteiger partial charge in [0, 0.05) is 13.0 Å². The fraction of sp³-hybridized carbons (Fsp3) is 0.429. The van der Waals surface area contributed by atoms with E-state index in [1.165, 1.54) is 12.5 Å². The van der Waals surface area contributed by atoms with E-state index >= 15 is 0 Å². The van der Waals surface area contributed by atoms with Crippen LogP contribution in [0.25, 0.3) is 0 Å². The van der Waals surface area contributed by atoms with Gasteiger partial charge in [-0.15, -0.1) is 0 Å². The van der Waals surface area contributed by atoms with E-state index in [-0.39, 0.29) is 13.0 Å². The van der Waals surface area contributed by atoms with Crippen molar-refractivity contribution >= 4 is 11.5 Å². The Morgan fingerprint density at radius 2 is 2.31 bits per heavy atom. The molecule has 0 fully saturated rings. The summed E-state index contributed by atoms with van der Waals surface area (Å²) in [5, 5.41) is 2.69. The molecule has 0 aliphatic rings. The Hall–Kier alpha value is -1.46. The first-order chi connectivity index (χ1) is 6.20. The van der Waals surface area contributed by atoms with Crippen molar-refractivity contribution in [1.29, 1.82) is 0 Å². The van der Waals surface area contributed by atoms with Gasteiger partial charge in [-0.1, -0.05) is 0 Å². The average Bonchev–Trinajstić information content (AvgIpc) is 2.08. The normalized spacial score (nSPS) is 10.4. The van der Waals surface area contributed by atoms with Crippen LogP contribution in [0, 0.1) is 0 Å². The van der Waals surface area contributed by atoms with Crippen molar-refractivity contribution in [1.82, 2.24) is 9.97 Å². The number of halogens is 2. The van der Waals surface area contributed by atoms with Crippen LogP contribution >= 0.6 is 0 Å². The molecule has 0 radical (unpaired) electrons. The summed E-state index contributed by atoms with van der Waals surface area (Å²) >= 11 is 0. The number of rotatable bonds is 4. The molecular formula is C7H10F2N4. The average molecular weight is 188 g/mol. The van der Waals surface area contributed by atoms with E-state index in [2.05, 4.69) is 15.3 Å². The summed E-state index contributed by atoms with van der Waals surface area (Å²) in [6.45, 7) is 0.152. The van der Waals surface area contributed by atoms with Crippen LogP contribution in [0.4, 0.5) is 20.3 Å². The number of nitrogens with two attached hydrogens (primary N) is 1. The summed E-state index contributed by atoms with van der Waals surface area (Å²) in [7, 11) is 0. The number of nitrogens with zero attached hydrogens (tertiary/aromatic N) is 2. The molecular weight excluding hydrogens is 178 g/mol. The molecule has 0 saturated heterocycles. The Labute approximate surface area is 74.2 Å². The first-order valence-electron chi connectivity index (χ1n) is 3.77. The molecule has 6 heteroatoms. The van der Waals surface area contributed by atoms with E-state index in [0.29, 0.717) is 11.5 Å². The second-order valence-electron chi connectivity index (χ2n) is 2.43. The molecule has 0 bridgehead atoms. The van der Waals surface area contributed by atoms with E-state index in [1.54, 1.807) is 0 Å². The Bertz CT molecular complexity index is 266. The van der Waals surface area contributed by atoms with Crippen molar-refractivity contribution in [2.75, 3.05) is 17.6 Å². The molecule has 0 aliphatic carbocycles. The van der Waals surface area contributed by atoms with Crippen LogP contribution in [0.3, 0.4) is 0 Å². The maximum absolute atomic E-state index is 11.7. The zero-order valence-corrected chi connectivity index (χ0v) is 6.87. The quantitative estimate of drug-likeness (QED) is 0.743. The van der Waals surface area contributed by atoms with Crippen molar-refractivity contribution in [3.05, 3.63) is 12.5 Å². The van der Waals surface area contributed by atoms with Crippen molar-refractivity contribution in [2.24, 2.45) is 0 Å². The number of aromatic nitrogens is 2. The van der Waals surface area contributed by atoms with Crippen LogP contribution in [-0.4, -0.2) is 22.9 Å². The SMILES string of the molecule is Nc1cncnc1NCCC(F)F. The first-order valence-corrected chi connectivity index (χ1v) is 3.77. The molecule has 1 rings (SSSR count). The highest BCUT2D eigenvalue weighted by Crippen LogP contribution is 2.11. The number of hydrogen-bond acceptors (Lipinski definition) is 4. The molecule has 4 nitrogen and oxygen atoms in total. The summed E-state index contributed by atoms with van der Waals surface area (Å²) < 4.78 is 23.5. The Balaban J connectivity index is 2.41. The highest BCUT2D eigenvalue weighted by molar-refractivity contribution is 5.58. The molecule has 1 heterocycles. The van der Waals surface area contributed by atoms with Gasteiger partial charge in [-0.2, -0.15) is 0 Å². The molecule has 0 unspecified atom stereocenters. The number of alkyl halides is 2. The third-order valence-corrected chi connectivity index (χ3v) is 1.40. The predicted octanol–water partition coefficient (Wildman–Crippen LogP) is 1.13. The maximum atomic E-state index is 11.7. The number of hydrogen-bond donors (Lipinski definition) is 2. The molecule has 1 aromatic heterocycles. The van der Waals surface area contributed by atoms with E-state index in [4.69, 9.17) is 5.73 Å². The summed E-state index contributed by atoms with van der Waals surface area (Å²) in [5.74, 6) is 0.399. The molecule has 1 aromatic rings. The second-order valence-corrected chi connectivity index (χ2v) is 2.43. The molecule has 72 valence electrons. The van der Waals surface area contributed by atoms with Gasteiger partial charge < -0.3 is 11.1 Å². The zero-order chi connectivity index (χ0) is 9.68. The van der Waals surface area contributed by atoms with Gasteiger partial charge in [-0.25, -0.2) is 18.7 Å². The highest BCUT2D eigenvalue weighted by atomic mass is 19.3. The molecule has 0 aromatic carbocycles. The summed E-state index contributed by atoms with van der Waals surface area (Å²) in [5.41, 5.74) is 5.82. The van der Waals surface area contributed by atoms with Gasteiger partial charge in [-0.3, -0.25) is 0 Å². The summed E-state index contributed by atoms with van der Waals surface area (Å²) in [4.78, 5) is 7.45. The predicted molar refractivity (Wildman–Crippen MR) is 45.6 cm³/mol. The molecule has 0 aliphatic heterocycles. The van der Waals surface area contributed by atoms with E-state index in [1.807, 2.05) is 0 Å². The lowest BCUT2D eigenvalue weighted by Crippen LogP contribution is -2.09. The van der Waals surface area contributed by atoms with Crippen LogP contribution in [0.2, 0.25) is 0 Å². The lowest BCUT2D eigenvalue weighted by Gasteiger charge is -2.06. The summed E-state index contributed by atoms with van der Waals surface area (Å²) in [6, 6.07) is 0. The van der Waals surface area contributed by atoms with E-state index in [9.17, 15) is 8.78 Å². The first kappa shape index (κ1) is 9.63. The lowest BCUT2D eigenvalue weighted by atomic mass is 10.4. The largest absolute Gasteiger partial charge is 0.394 e. The summed E-state index contributed by atoms with van der Waals surface area (Å²) in [6.07, 6.45) is 0.193. The topological polar surface area (TPSA) is 63.8 Å². The van der Waals surface area contributed by atoms with Crippen LogP contribution in [-0.2, 0) is 0 Å². The minimum atomic E-state index is -2.31. The lowest BCUT2D eigenvalue weighted by molar-refractivity contribution is 0.142. The third-order valence-electron chi connectivity index (χ3n) is 1.40. The maximum Gasteiger partial charge on any atom is 0.240 e. The van der Waals surface area contributed by atoms with Crippen LogP contribution in [0.5, 0.6) is 0 Å². The standard InChI is InChI=1S/C7H10F2N4/c8-6(9)1-2-12-7-5(10)3-11-4-13-7/h3-4,6H,1-2,10H2,(H,11,12,13). The van der Waals surface area contributed by atoms with E-state index in [0.717, 1.165) is 0 Å². The molecule has 3 N–H and O–H groups in total. The van der Waals surface area contributed by atoms with Crippen molar-refractivity contribution in [2.45, 2.75) is 12.8 Å². The van der Waals surface area contributed by atoms with Gasteiger partial charge in [-0.05, 0) is 0 Å². The second kappa shape index (κ2) is 4.54. The van der Waals surface area contributed by atoms with Gasteiger partial charge in [0.25, 0.3) is 0 Å². The third kappa shape index (κ3) is 3.18. The van der Waals surface area contributed by atoms with Gasteiger partial charge in [0.1, 0.15) is 6.33 Å². The zero-order valence-electron chi connectivity index (χ0n) is 6.87. The fourth-order valence-electron chi connectivity index (χ4n) is 0.788. The molecule has 0 atom stereocenters. The van der Waals surface area contributed by atoms with Crippen molar-refractivity contribution in [3.63, 3.8) is 0 Å². The Kier molecular flexibility index (Phi) is 3.36. The van der Waals surface area contributed by atoms with Crippen molar-refractivity contribution < 1.29 is 8.78 Å². The van der Waals surface area contributed by atoms with Crippen LogP contribution < -0.4 is 11.1 Å². The smallest absolute Gasteiger partial charge is 0.240 e. The van der Waals surface area contributed by atoms with Gasteiger partial charge >= 0.3 is 0 Å². The van der Waals surface area contributed by atoms with E-state index < -0.39 is 6.43 Å². The number of nitrogens with one attached hydrogen (secondary N) is 1. The minimum Gasteiger partial charge on any atom is -0.394 e. The molecule has 0 amide bonds. The minimum absolute atomic E-state index is 0.152. The highest BCUT2D eigenvalue weighted by Gasteiger charge is 2.03. The number of anilines is 2. The molecule has 0 saturated carbocycles. The molecule has 0 spiro atoms.